The van der Waals surface area contributed by atoms with E-state index in [4.69, 9.17) is 5.26 Å². The van der Waals surface area contributed by atoms with E-state index in [0.29, 0.717) is 12.1 Å². The molecule has 5 nitrogen and oxygen atoms in total. The molecule has 0 radical (unpaired) electrons. The van der Waals surface area contributed by atoms with Crippen LogP contribution in [0.5, 0.6) is 0 Å². The topological polar surface area (TPSA) is 69.0 Å². The van der Waals surface area contributed by atoms with Crippen molar-refractivity contribution in [2.45, 2.75) is 12.8 Å². The SMILES string of the molecule is CNC(=O)[C@@H]1CCCN(c2ccc(C#N)cn2)C1. The van der Waals surface area contributed by atoms with Gasteiger partial charge in [0.2, 0.25) is 5.91 Å². The molecule has 1 aromatic rings. The lowest BCUT2D eigenvalue weighted by Crippen LogP contribution is -2.42. The van der Waals surface area contributed by atoms with Crippen LogP contribution < -0.4 is 10.2 Å². The molecular weight excluding hydrogens is 228 g/mol. The molecular formula is C13H16N4O. The Bertz CT molecular complexity index is 463. The number of pyridine rings is 1. The van der Waals surface area contributed by atoms with Gasteiger partial charge in [0.15, 0.2) is 0 Å². The van der Waals surface area contributed by atoms with E-state index < -0.39 is 0 Å². The van der Waals surface area contributed by atoms with Crippen molar-refractivity contribution in [1.29, 1.82) is 5.26 Å². The van der Waals surface area contributed by atoms with Crippen molar-refractivity contribution in [2.24, 2.45) is 5.92 Å². The molecule has 2 rings (SSSR count). The van der Waals surface area contributed by atoms with Crippen LogP contribution in [0, 0.1) is 17.2 Å². The summed E-state index contributed by atoms with van der Waals surface area (Å²) in [5.41, 5.74) is 0.554. The van der Waals surface area contributed by atoms with Crippen LogP contribution in [0.1, 0.15) is 18.4 Å². The molecule has 1 aliphatic heterocycles. The summed E-state index contributed by atoms with van der Waals surface area (Å²) in [5, 5.41) is 11.4. The molecule has 0 aromatic carbocycles. The largest absolute Gasteiger partial charge is 0.359 e. The summed E-state index contributed by atoms with van der Waals surface area (Å²) in [6, 6.07) is 5.64. The van der Waals surface area contributed by atoms with Crippen molar-refractivity contribution in [3.8, 4) is 6.07 Å². The summed E-state index contributed by atoms with van der Waals surface area (Å²) in [6.45, 7) is 1.60. The number of nitriles is 1. The van der Waals surface area contributed by atoms with Gasteiger partial charge < -0.3 is 10.2 Å². The molecule has 1 N–H and O–H groups in total. The van der Waals surface area contributed by atoms with Gasteiger partial charge in [-0.05, 0) is 25.0 Å². The van der Waals surface area contributed by atoms with E-state index in [1.807, 2.05) is 12.1 Å². The zero-order chi connectivity index (χ0) is 13.0. The normalized spacial score (nSPS) is 19.1. The van der Waals surface area contributed by atoms with Crippen LogP contribution in [0.4, 0.5) is 5.82 Å². The van der Waals surface area contributed by atoms with E-state index in [1.165, 1.54) is 0 Å². The maximum Gasteiger partial charge on any atom is 0.224 e. The minimum absolute atomic E-state index is 0.0289. The lowest BCUT2D eigenvalue weighted by Gasteiger charge is -2.32. The van der Waals surface area contributed by atoms with E-state index in [-0.39, 0.29) is 11.8 Å². The molecule has 1 atom stereocenters. The van der Waals surface area contributed by atoms with Crippen LogP contribution >= 0.6 is 0 Å². The summed E-state index contributed by atoms with van der Waals surface area (Å²) in [6.07, 6.45) is 3.48. The average Bonchev–Trinajstić information content (AvgIpc) is 2.46. The second-order valence-electron chi connectivity index (χ2n) is 4.42. The number of aromatic nitrogens is 1. The van der Waals surface area contributed by atoms with Crippen molar-refractivity contribution in [2.75, 3.05) is 25.0 Å². The number of hydrogen-bond acceptors (Lipinski definition) is 4. The second-order valence-corrected chi connectivity index (χ2v) is 4.42. The molecule has 1 aromatic heterocycles. The number of nitrogens with one attached hydrogen (secondary N) is 1. The van der Waals surface area contributed by atoms with Gasteiger partial charge in [-0.3, -0.25) is 4.79 Å². The number of piperidine rings is 1. The lowest BCUT2D eigenvalue weighted by atomic mass is 9.97. The van der Waals surface area contributed by atoms with Crippen LogP contribution in [0.15, 0.2) is 18.3 Å². The Morgan fingerprint density at radius 3 is 3.06 bits per heavy atom. The van der Waals surface area contributed by atoms with Gasteiger partial charge in [0, 0.05) is 26.3 Å². The van der Waals surface area contributed by atoms with Gasteiger partial charge in [-0.25, -0.2) is 4.98 Å². The standard InChI is InChI=1S/C13H16N4O/c1-15-13(18)11-3-2-6-17(9-11)12-5-4-10(7-14)8-16-12/h4-5,8,11H,2-3,6,9H2,1H3,(H,15,18)/t11-/m1/s1. The van der Waals surface area contributed by atoms with Gasteiger partial charge in [-0.15, -0.1) is 0 Å². The molecule has 18 heavy (non-hydrogen) atoms. The number of anilines is 1. The van der Waals surface area contributed by atoms with E-state index in [0.717, 1.165) is 25.2 Å². The summed E-state index contributed by atoms with van der Waals surface area (Å²) < 4.78 is 0. The molecule has 1 saturated heterocycles. The number of amides is 1. The van der Waals surface area contributed by atoms with Crippen LogP contribution in [0.25, 0.3) is 0 Å². The molecule has 0 spiro atoms. The fraction of sp³-hybridized carbons (Fsp3) is 0.462. The van der Waals surface area contributed by atoms with E-state index in [2.05, 4.69) is 15.2 Å². The Hall–Kier alpha value is -2.09. The van der Waals surface area contributed by atoms with Gasteiger partial charge in [0.1, 0.15) is 11.9 Å². The summed E-state index contributed by atoms with van der Waals surface area (Å²) >= 11 is 0. The Balaban J connectivity index is 2.08. The fourth-order valence-corrected chi connectivity index (χ4v) is 2.24. The van der Waals surface area contributed by atoms with Crippen molar-refractivity contribution in [3.63, 3.8) is 0 Å². The molecule has 94 valence electrons. The molecule has 0 unspecified atom stereocenters. The summed E-state index contributed by atoms with van der Waals surface area (Å²) in [5.74, 6) is 0.956. The Morgan fingerprint density at radius 2 is 2.44 bits per heavy atom. The Kier molecular flexibility index (Phi) is 3.78. The summed E-state index contributed by atoms with van der Waals surface area (Å²) in [4.78, 5) is 18.0. The minimum atomic E-state index is 0.0289. The second kappa shape index (κ2) is 5.50. The predicted octanol–water partition coefficient (Wildman–Crippen LogP) is 0.916. The van der Waals surface area contributed by atoms with Crippen LogP contribution in [0.3, 0.4) is 0 Å². The van der Waals surface area contributed by atoms with Crippen LogP contribution in [-0.2, 0) is 4.79 Å². The third-order valence-electron chi connectivity index (χ3n) is 3.24. The highest BCUT2D eigenvalue weighted by Crippen LogP contribution is 2.21. The molecule has 5 heteroatoms. The first-order valence-corrected chi connectivity index (χ1v) is 6.07. The zero-order valence-electron chi connectivity index (χ0n) is 10.4. The van der Waals surface area contributed by atoms with Crippen molar-refractivity contribution in [3.05, 3.63) is 23.9 Å². The third-order valence-corrected chi connectivity index (χ3v) is 3.24. The molecule has 2 heterocycles. The highest BCUT2D eigenvalue weighted by Gasteiger charge is 2.25. The van der Waals surface area contributed by atoms with Crippen molar-refractivity contribution >= 4 is 11.7 Å². The van der Waals surface area contributed by atoms with Gasteiger partial charge in [-0.2, -0.15) is 5.26 Å². The van der Waals surface area contributed by atoms with Crippen LogP contribution in [-0.4, -0.2) is 31.0 Å². The van der Waals surface area contributed by atoms with Gasteiger partial charge in [0.25, 0.3) is 0 Å². The van der Waals surface area contributed by atoms with E-state index in [9.17, 15) is 4.79 Å². The quantitative estimate of drug-likeness (QED) is 0.839. The molecule has 1 fully saturated rings. The predicted molar refractivity (Wildman–Crippen MR) is 68.0 cm³/mol. The maximum absolute atomic E-state index is 11.6. The third kappa shape index (κ3) is 2.59. The Morgan fingerprint density at radius 1 is 1.61 bits per heavy atom. The fourth-order valence-electron chi connectivity index (χ4n) is 2.24. The summed E-state index contributed by atoms with van der Waals surface area (Å²) in [7, 11) is 1.67. The molecule has 0 saturated carbocycles. The monoisotopic (exact) mass is 244 g/mol. The lowest BCUT2D eigenvalue weighted by molar-refractivity contribution is -0.124. The zero-order valence-corrected chi connectivity index (χ0v) is 10.4. The van der Waals surface area contributed by atoms with Gasteiger partial charge in [0.05, 0.1) is 11.5 Å². The van der Waals surface area contributed by atoms with Crippen molar-refractivity contribution in [1.82, 2.24) is 10.3 Å². The first kappa shape index (κ1) is 12.4. The number of hydrogen-bond donors (Lipinski definition) is 1. The first-order chi connectivity index (χ1) is 8.74. The average molecular weight is 244 g/mol. The van der Waals surface area contributed by atoms with Gasteiger partial charge in [-0.1, -0.05) is 0 Å². The first-order valence-electron chi connectivity index (χ1n) is 6.07. The maximum atomic E-state index is 11.6. The molecule has 1 aliphatic rings. The number of rotatable bonds is 2. The van der Waals surface area contributed by atoms with Crippen molar-refractivity contribution < 1.29 is 4.79 Å². The van der Waals surface area contributed by atoms with E-state index in [1.54, 1.807) is 19.3 Å². The Labute approximate surface area is 106 Å². The highest BCUT2D eigenvalue weighted by molar-refractivity contribution is 5.79. The van der Waals surface area contributed by atoms with Gasteiger partial charge >= 0.3 is 0 Å². The molecule has 1 amide bonds. The smallest absolute Gasteiger partial charge is 0.224 e. The van der Waals surface area contributed by atoms with E-state index >= 15 is 0 Å². The minimum Gasteiger partial charge on any atom is -0.359 e. The van der Waals surface area contributed by atoms with Crippen LogP contribution in [0.2, 0.25) is 0 Å². The number of carbonyl (C=O) groups is 1. The number of nitrogens with zero attached hydrogens (tertiary/aromatic N) is 3. The highest BCUT2D eigenvalue weighted by atomic mass is 16.1. The number of carbonyl (C=O) groups excluding carboxylic acids is 1. The molecule has 0 bridgehead atoms. The molecule has 0 aliphatic carbocycles.